The van der Waals surface area contributed by atoms with Crippen molar-refractivity contribution >= 4 is 11.3 Å². The minimum atomic E-state index is -0.0398. The van der Waals surface area contributed by atoms with E-state index in [9.17, 15) is 0 Å². The van der Waals surface area contributed by atoms with E-state index in [0.717, 1.165) is 6.42 Å². The standard InChI is InChI=1S/C11H17NS/c1-7-5-9(8(2)13-7)11(12)6-10(11,3)4/h5H,6,12H2,1-4H3. The second kappa shape index (κ2) is 2.37. The molecule has 2 rings (SSSR count). The molecule has 1 nitrogen and oxygen atoms in total. The zero-order valence-electron chi connectivity index (χ0n) is 8.77. The smallest absolute Gasteiger partial charge is 0.0479 e. The third-order valence-corrected chi connectivity index (χ3v) is 4.29. The largest absolute Gasteiger partial charge is 0.321 e. The maximum absolute atomic E-state index is 6.37. The number of rotatable bonds is 1. The molecule has 0 aliphatic heterocycles. The van der Waals surface area contributed by atoms with Crippen molar-refractivity contribution in [3.63, 3.8) is 0 Å². The van der Waals surface area contributed by atoms with Gasteiger partial charge in [0.15, 0.2) is 0 Å². The van der Waals surface area contributed by atoms with Gasteiger partial charge in [-0.2, -0.15) is 0 Å². The van der Waals surface area contributed by atoms with Crippen LogP contribution < -0.4 is 5.73 Å². The molecule has 0 aromatic carbocycles. The monoisotopic (exact) mass is 195 g/mol. The first kappa shape index (κ1) is 9.22. The topological polar surface area (TPSA) is 26.0 Å². The summed E-state index contributed by atoms with van der Waals surface area (Å²) in [4.78, 5) is 2.77. The Morgan fingerprint density at radius 2 is 1.92 bits per heavy atom. The lowest BCUT2D eigenvalue weighted by molar-refractivity contribution is 0.509. The molecular formula is C11H17NS. The molecule has 1 aliphatic rings. The zero-order chi connectivity index (χ0) is 9.85. The lowest BCUT2D eigenvalue weighted by Crippen LogP contribution is -2.25. The van der Waals surface area contributed by atoms with E-state index in [-0.39, 0.29) is 5.54 Å². The van der Waals surface area contributed by atoms with Crippen LogP contribution in [0.4, 0.5) is 0 Å². The third-order valence-electron chi connectivity index (χ3n) is 3.33. The SMILES string of the molecule is Cc1cc(C2(N)CC2(C)C)c(C)s1. The van der Waals surface area contributed by atoms with Crippen LogP contribution in [0.15, 0.2) is 6.07 Å². The normalized spacial score (nSPS) is 30.5. The summed E-state index contributed by atoms with van der Waals surface area (Å²) < 4.78 is 0. The quantitative estimate of drug-likeness (QED) is 0.732. The highest BCUT2D eigenvalue weighted by molar-refractivity contribution is 7.12. The fourth-order valence-corrected chi connectivity index (χ4v) is 3.20. The van der Waals surface area contributed by atoms with Crippen LogP contribution in [0.25, 0.3) is 0 Å². The zero-order valence-corrected chi connectivity index (χ0v) is 9.59. The summed E-state index contributed by atoms with van der Waals surface area (Å²) in [7, 11) is 0. The van der Waals surface area contributed by atoms with Crippen molar-refractivity contribution < 1.29 is 0 Å². The molecular weight excluding hydrogens is 178 g/mol. The Morgan fingerprint density at radius 1 is 1.38 bits per heavy atom. The predicted octanol–water partition coefficient (Wildman–Crippen LogP) is 2.95. The molecule has 1 heterocycles. The van der Waals surface area contributed by atoms with Crippen LogP contribution >= 0.6 is 11.3 Å². The maximum Gasteiger partial charge on any atom is 0.0479 e. The van der Waals surface area contributed by atoms with E-state index in [1.54, 1.807) is 0 Å². The molecule has 1 aromatic rings. The average molecular weight is 195 g/mol. The molecule has 1 saturated carbocycles. The van der Waals surface area contributed by atoms with Gasteiger partial charge >= 0.3 is 0 Å². The van der Waals surface area contributed by atoms with Gasteiger partial charge < -0.3 is 5.73 Å². The molecule has 1 atom stereocenters. The molecule has 0 bridgehead atoms. The van der Waals surface area contributed by atoms with E-state index in [1.807, 2.05) is 11.3 Å². The molecule has 72 valence electrons. The van der Waals surface area contributed by atoms with Crippen molar-refractivity contribution in [2.45, 2.75) is 39.7 Å². The summed E-state index contributed by atoms with van der Waals surface area (Å²) in [5.74, 6) is 0. The van der Waals surface area contributed by atoms with Crippen LogP contribution in [0.5, 0.6) is 0 Å². The summed E-state index contributed by atoms with van der Waals surface area (Å²) >= 11 is 1.86. The fourth-order valence-electron chi connectivity index (χ4n) is 2.19. The van der Waals surface area contributed by atoms with Gasteiger partial charge in [0.2, 0.25) is 0 Å². The minimum absolute atomic E-state index is 0.0398. The van der Waals surface area contributed by atoms with Crippen LogP contribution in [-0.4, -0.2) is 0 Å². The van der Waals surface area contributed by atoms with Crippen LogP contribution in [0.2, 0.25) is 0 Å². The Balaban J connectivity index is 2.43. The van der Waals surface area contributed by atoms with E-state index in [4.69, 9.17) is 5.73 Å². The second-order valence-electron chi connectivity index (χ2n) is 4.86. The van der Waals surface area contributed by atoms with Gasteiger partial charge in [-0.1, -0.05) is 13.8 Å². The first-order valence-electron chi connectivity index (χ1n) is 4.73. The van der Waals surface area contributed by atoms with Gasteiger partial charge in [0.05, 0.1) is 0 Å². The van der Waals surface area contributed by atoms with Crippen LogP contribution in [0.3, 0.4) is 0 Å². The maximum atomic E-state index is 6.37. The molecule has 13 heavy (non-hydrogen) atoms. The highest BCUT2D eigenvalue weighted by atomic mass is 32.1. The molecule has 0 amide bonds. The van der Waals surface area contributed by atoms with E-state index in [1.165, 1.54) is 15.3 Å². The molecule has 1 aliphatic carbocycles. The van der Waals surface area contributed by atoms with Gasteiger partial charge in [-0.25, -0.2) is 0 Å². The van der Waals surface area contributed by atoms with E-state index in [2.05, 4.69) is 33.8 Å². The molecule has 0 saturated heterocycles. The average Bonchev–Trinajstić information content (AvgIpc) is 2.34. The highest BCUT2D eigenvalue weighted by Crippen LogP contribution is 2.61. The Labute approximate surface area is 84.0 Å². The number of hydrogen-bond donors (Lipinski definition) is 1. The van der Waals surface area contributed by atoms with E-state index >= 15 is 0 Å². The Bertz CT molecular complexity index is 351. The minimum Gasteiger partial charge on any atom is -0.321 e. The first-order chi connectivity index (χ1) is 5.87. The van der Waals surface area contributed by atoms with Gasteiger partial charge in [-0.15, -0.1) is 11.3 Å². The van der Waals surface area contributed by atoms with E-state index < -0.39 is 0 Å². The number of aryl methyl sites for hydroxylation is 2. The van der Waals surface area contributed by atoms with Gasteiger partial charge in [0, 0.05) is 15.3 Å². The van der Waals surface area contributed by atoms with Crippen molar-refractivity contribution in [3.05, 3.63) is 21.4 Å². The van der Waals surface area contributed by atoms with Crippen molar-refractivity contribution in [2.75, 3.05) is 0 Å². The molecule has 0 radical (unpaired) electrons. The lowest BCUT2D eigenvalue weighted by Gasteiger charge is -2.14. The molecule has 0 spiro atoms. The molecule has 1 aromatic heterocycles. The molecule has 2 heteroatoms. The fraction of sp³-hybridized carbons (Fsp3) is 0.636. The van der Waals surface area contributed by atoms with Gasteiger partial charge in [0.25, 0.3) is 0 Å². The van der Waals surface area contributed by atoms with Crippen LogP contribution in [-0.2, 0) is 5.54 Å². The Hall–Kier alpha value is -0.340. The van der Waals surface area contributed by atoms with Crippen molar-refractivity contribution in [1.82, 2.24) is 0 Å². The Morgan fingerprint density at radius 3 is 2.23 bits per heavy atom. The summed E-state index contributed by atoms with van der Waals surface area (Å²) in [5.41, 5.74) is 8.00. The van der Waals surface area contributed by atoms with Crippen LogP contribution in [0, 0.1) is 19.3 Å². The number of thiophene rings is 1. The molecule has 1 fully saturated rings. The van der Waals surface area contributed by atoms with Gasteiger partial charge in [-0.05, 0) is 37.3 Å². The second-order valence-corrected chi connectivity index (χ2v) is 6.32. The molecule has 1 unspecified atom stereocenters. The van der Waals surface area contributed by atoms with Gasteiger partial charge in [0.1, 0.15) is 0 Å². The Kier molecular flexibility index (Phi) is 1.68. The van der Waals surface area contributed by atoms with Crippen molar-refractivity contribution in [2.24, 2.45) is 11.1 Å². The number of hydrogen-bond acceptors (Lipinski definition) is 2. The summed E-state index contributed by atoms with van der Waals surface area (Å²) in [5, 5.41) is 0. The van der Waals surface area contributed by atoms with Gasteiger partial charge in [-0.3, -0.25) is 0 Å². The first-order valence-corrected chi connectivity index (χ1v) is 5.55. The number of nitrogens with two attached hydrogens (primary N) is 1. The molecule has 2 N–H and O–H groups in total. The van der Waals surface area contributed by atoms with E-state index in [0.29, 0.717) is 5.41 Å². The third kappa shape index (κ3) is 1.16. The van der Waals surface area contributed by atoms with Crippen molar-refractivity contribution in [3.8, 4) is 0 Å². The predicted molar refractivity (Wildman–Crippen MR) is 58.1 cm³/mol. The van der Waals surface area contributed by atoms with Crippen LogP contribution in [0.1, 0.15) is 35.6 Å². The highest BCUT2D eigenvalue weighted by Gasteiger charge is 2.60. The summed E-state index contributed by atoms with van der Waals surface area (Å²) in [6, 6.07) is 2.26. The van der Waals surface area contributed by atoms with Crippen molar-refractivity contribution in [1.29, 1.82) is 0 Å². The lowest BCUT2D eigenvalue weighted by atomic mass is 9.97. The summed E-state index contributed by atoms with van der Waals surface area (Å²) in [6.45, 7) is 8.83. The summed E-state index contributed by atoms with van der Waals surface area (Å²) in [6.07, 6.45) is 1.12.